The first kappa shape index (κ1) is 19.2. The summed E-state index contributed by atoms with van der Waals surface area (Å²) >= 11 is 0. The van der Waals surface area contributed by atoms with E-state index in [1.54, 1.807) is 13.1 Å². The fourth-order valence-corrected chi connectivity index (χ4v) is 3.43. The Morgan fingerprint density at radius 3 is 2.61 bits per heavy atom. The van der Waals surface area contributed by atoms with Crippen LogP contribution in [0.2, 0.25) is 0 Å². The Morgan fingerprint density at radius 2 is 2.00 bits per heavy atom. The summed E-state index contributed by atoms with van der Waals surface area (Å²) in [6.07, 6.45) is 4.43. The molecule has 1 amide bonds. The molecule has 0 saturated heterocycles. The molecule has 0 radical (unpaired) electrons. The number of hydrogen-bond donors (Lipinski definition) is 2. The largest absolute Gasteiger partial charge is 0.322 e. The monoisotopic (exact) mass is 401 g/mol. The van der Waals surface area contributed by atoms with Gasteiger partial charge in [0.1, 0.15) is 5.69 Å². The molecular formula is C17H15N5O5S. The van der Waals surface area contributed by atoms with Gasteiger partial charge in [-0.2, -0.15) is 0 Å². The Kier molecular flexibility index (Phi) is 4.94. The fourth-order valence-electron chi connectivity index (χ4n) is 2.62. The van der Waals surface area contributed by atoms with Crippen molar-refractivity contribution in [3.8, 4) is 5.69 Å². The van der Waals surface area contributed by atoms with Gasteiger partial charge >= 0.3 is 0 Å². The summed E-state index contributed by atoms with van der Waals surface area (Å²) in [5, 5.41) is 19.1. The second-order valence-corrected chi connectivity index (χ2v) is 7.44. The molecule has 2 aromatic carbocycles. The number of primary sulfonamides is 1. The third kappa shape index (κ3) is 3.89. The van der Waals surface area contributed by atoms with Crippen molar-refractivity contribution >= 4 is 27.3 Å². The van der Waals surface area contributed by atoms with E-state index >= 15 is 0 Å². The van der Waals surface area contributed by atoms with Crippen molar-refractivity contribution in [1.29, 1.82) is 0 Å². The van der Waals surface area contributed by atoms with Gasteiger partial charge in [0.15, 0.2) is 0 Å². The second-order valence-electron chi connectivity index (χ2n) is 5.91. The minimum atomic E-state index is -3.95. The number of anilines is 1. The van der Waals surface area contributed by atoms with E-state index in [-0.39, 0.29) is 27.5 Å². The van der Waals surface area contributed by atoms with Gasteiger partial charge in [0, 0.05) is 29.7 Å². The topological polar surface area (TPSA) is 150 Å². The number of nitrogens with two attached hydrogens (primary N) is 1. The van der Waals surface area contributed by atoms with Crippen molar-refractivity contribution in [3.05, 3.63) is 76.4 Å². The first-order chi connectivity index (χ1) is 13.2. The number of benzene rings is 2. The number of carbonyl (C=O) groups is 1. The Hall–Kier alpha value is -3.57. The molecule has 3 N–H and O–H groups in total. The average molecular weight is 401 g/mol. The van der Waals surface area contributed by atoms with Crippen molar-refractivity contribution in [2.24, 2.45) is 5.14 Å². The molecule has 11 heteroatoms. The molecule has 0 saturated carbocycles. The van der Waals surface area contributed by atoms with Crippen LogP contribution in [0.4, 0.5) is 11.4 Å². The summed E-state index contributed by atoms with van der Waals surface area (Å²) in [6.45, 7) is 1.57. The number of aryl methyl sites for hydroxylation is 1. The highest BCUT2D eigenvalue weighted by Gasteiger charge is 2.19. The summed E-state index contributed by atoms with van der Waals surface area (Å²) in [5.41, 5.74) is 0.640. The first-order valence-corrected chi connectivity index (χ1v) is 9.43. The second kappa shape index (κ2) is 7.21. The maximum absolute atomic E-state index is 12.5. The highest BCUT2D eigenvalue weighted by atomic mass is 32.2. The summed E-state index contributed by atoms with van der Waals surface area (Å²) in [7, 11) is -3.95. The summed E-state index contributed by atoms with van der Waals surface area (Å²) in [5.74, 6) is -0.635. The summed E-state index contributed by atoms with van der Waals surface area (Å²) < 4.78 is 24.7. The predicted molar refractivity (Wildman–Crippen MR) is 101 cm³/mol. The van der Waals surface area contributed by atoms with Crippen LogP contribution in [0.3, 0.4) is 0 Å². The molecule has 0 aliphatic carbocycles. The lowest BCUT2D eigenvalue weighted by Crippen LogP contribution is -2.16. The van der Waals surface area contributed by atoms with E-state index in [1.165, 1.54) is 47.4 Å². The normalized spacial score (nSPS) is 11.2. The van der Waals surface area contributed by atoms with Crippen LogP contribution in [-0.2, 0) is 10.0 Å². The van der Waals surface area contributed by atoms with Crippen LogP contribution in [-0.4, -0.2) is 28.8 Å². The Bertz CT molecular complexity index is 1170. The van der Waals surface area contributed by atoms with Crippen molar-refractivity contribution in [2.75, 3.05) is 5.32 Å². The average Bonchev–Trinajstić information content (AvgIpc) is 3.16. The number of nitrogens with one attached hydrogen (secondary N) is 1. The lowest BCUT2D eigenvalue weighted by atomic mass is 10.1. The lowest BCUT2D eigenvalue weighted by Gasteiger charge is -2.10. The van der Waals surface area contributed by atoms with E-state index in [0.717, 1.165) is 6.07 Å². The van der Waals surface area contributed by atoms with Crippen molar-refractivity contribution in [1.82, 2.24) is 9.55 Å². The highest BCUT2D eigenvalue weighted by molar-refractivity contribution is 7.89. The zero-order valence-electron chi connectivity index (χ0n) is 14.6. The van der Waals surface area contributed by atoms with E-state index in [1.807, 2.05) is 0 Å². The van der Waals surface area contributed by atoms with Crippen LogP contribution >= 0.6 is 0 Å². The molecule has 1 aromatic heterocycles. The molecule has 0 aliphatic heterocycles. The molecule has 1 heterocycles. The first-order valence-electron chi connectivity index (χ1n) is 7.88. The van der Waals surface area contributed by atoms with Gasteiger partial charge in [-0.25, -0.2) is 18.5 Å². The maximum atomic E-state index is 12.5. The molecule has 0 aliphatic rings. The lowest BCUT2D eigenvalue weighted by molar-refractivity contribution is -0.384. The van der Waals surface area contributed by atoms with Gasteiger partial charge in [-0.15, -0.1) is 0 Å². The molecule has 28 heavy (non-hydrogen) atoms. The van der Waals surface area contributed by atoms with E-state index in [9.17, 15) is 23.3 Å². The van der Waals surface area contributed by atoms with Gasteiger partial charge in [-0.05, 0) is 36.8 Å². The molecule has 3 rings (SSSR count). The highest BCUT2D eigenvalue weighted by Crippen LogP contribution is 2.25. The van der Waals surface area contributed by atoms with Gasteiger partial charge in [-0.3, -0.25) is 14.9 Å². The number of hydrogen-bond acceptors (Lipinski definition) is 6. The van der Waals surface area contributed by atoms with E-state index in [0.29, 0.717) is 5.56 Å². The van der Waals surface area contributed by atoms with Gasteiger partial charge < -0.3 is 9.88 Å². The minimum absolute atomic E-state index is 0.0355. The molecule has 0 bridgehead atoms. The molecule has 0 spiro atoms. The number of aromatic nitrogens is 2. The fraction of sp³-hybridized carbons (Fsp3) is 0.0588. The SMILES string of the molecule is Cc1ccc(NC(=O)c2ccc(-n3ccnc3)c([N+](=O)[O-])c2)cc1S(N)(=O)=O. The summed E-state index contributed by atoms with van der Waals surface area (Å²) in [4.78, 5) is 27.0. The number of carbonyl (C=O) groups excluding carboxylic acids is 1. The van der Waals surface area contributed by atoms with E-state index in [4.69, 9.17) is 5.14 Å². The van der Waals surface area contributed by atoms with E-state index in [2.05, 4.69) is 10.3 Å². The molecular weight excluding hydrogens is 386 g/mol. The van der Waals surface area contributed by atoms with Crippen LogP contribution in [0.5, 0.6) is 0 Å². The van der Waals surface area contributed by atoms with Crippen LogP contribution in [0, 0.1) is 17.0 Å². The number of rotatable bonds is 5. The molecule has 0 atom stereocenters. The van der Waals surface area contributed by atoms with Crippen LogP contribution in [0.15, 0.2) is 60.0 Å². The zero-order chi connectivity index (χ0) is 20.5. The van der Waals surface area contributed by atoms with Crippen LogP contribution in [0.1, 0.15) is 15.9 Å². The van der Waals surface area contributed by atoms with Gasteiger partial charge in [0.05, 0.1) is 16.1 Å². The summed E-state index contributed by atoms with van der Waals surface area (Å²) in [6, 6.07) is 8.23. The Labute approximate surface area is 159 Å². The standard InChI is InChI=1S/C17H15N5O5S/c1-11-2-4-13(9-16(11)28(18,26)27)20-17(23)12-3-5-14(15(8-12)22(24)25)21-7-6-19-10-21/h2-10H,1H3,(H,20,23)(H2,18,26,27). The zero-order valence-corrected chi connectivity index (χ0v) is 15.4. The third-order valence-corrected chi connectivity index (χ3v) is 5.02. The molecule has 144 valence electrons. The molecule has 0 fully saturated rings. The number of amides is 1. The van der Waals surface area contributed by atoms with Crippen molar-refractivity contribution < 1.29 is 18.1 Å². The number of imidazole rings is 1. The predicted octanol–water partition coefficient (Wildman–Crippen LogP) is 1.99. The van der Waals surface area contributed by atoms with Crippen LogP contribution < -0.4 is 10.5 Å². The minimum Gasteiger partial charge on any atom is -0.322 e. The van der Waals surface area contributed by atoms with Crippen molar-refractivity contribution in [3.63, 3.8) is 0 Å². The van der Waals surface area contributed by atoms with Crippen molar-refractivity contribution in [2.45, 2.75) is 11.8 Å². The third-order valence-electron chi connectivity index (χ3n) is 3.97. The number of nitro groups is 1. The number of nitro benzene ring substituents is 1. The van der Waals surface area contributed by atoms with E-state index < -0.39 is 20.9 Å². The quantitative estimate of drug-likeness (QED) is 0.493. The molecule has 0 unspecified atom stereocenters. The van der Waals surface area contributed by atoms with Crippen LogP contribution in [0.25, 0.3) is 5.69 Å². The Morgan fingerprint density at radius 1 is 1.25 bits per heavy atom. The number of nitrogens with zero attached hydrogens (tertiary/aromatic N) is 3. The number of sulfonamides is 1. The van der Waals surface area contributed by atoms with Gasteiger partial charge in [-0.1, -0.05) is 6.07 Å². The van der Waals surface area contributed by atoms with Gasteiger partial charge in [0.25, 0.3) is 11.6 Å². The molecule has 10 nitrogen and oxygen atoms in total. The maximum Gasteiger partial charge on any atom is 0.294 e. The molecule has 3 aromatic rings. The Balaban J connectivity index is 1.94. The smallest absolute Gasteiger partial charge is 0.294 e. The van der Waals surface area contributed by atoms with Gasteiger partial charge in [0.2, 0.25) is 10.0 Å².